The molecule has 0 aliphatic rings. The van der Waals surface area contributed by atoms with E-state index in [0.29, 0.717) is 0 Å². The molecule has 0 unspecified atom stereocenters. The lowest BCUT2D eigenvalue weighted by Crippen LogP contribution is -2.31. The molecule has 0 fully saturated rings. The van der Waals surface area contributed by atoms with Crippen molar-refractivity contribution in [2.45, 2.75) is 50.8 Å². The first-order chi connectivity index (χ1) is 13.3. The van der Waals surface area contributed by atoms with Crippen molar-refractivity contribution in [3.8, 4) is 0 Å². The highest BCUT2D eigenvalue weighted by Crippen LogP contribution is 2.33. The molecule has 0 amide bonds. The molecule has 27 heavy (non-hydrogen) atoms. The molecule has 1 heterocycles. The first-order valence-corrected chi connectivity index (χ1v) is 9.87. The van der Waals surface area contributed by atoms with E-state index in [1.165, 1.54) is 12.8 Å². The van der Waals surface area contributed by atoms with Crippen LogP contribution in [0, 0.1) is 0 Å². The Kier molecular flexibility index (Phi) is 7.26. The van der Waals surface area contributed by atoms with Crippen LogP contribution in [0.15, 0.2) is 83.5 Å². The van der Waals surface area contributed by atoms with Gasteiger partial charge in [0.1, 0.15) is 5.76 Å². The zero-order chi connectivity index (χ0) is 18.9. The van der Waals surface area contributed by atoms with Gasteiger partial charge in [0.2, 0.25) is 0 Å². The molecule has 2 aromatic carbocycles. The largest absolute Gasteiger partial charge is 0.468 e. The number of nitrogens with one attached hydrogen (secondary N) is 1. The van der Waals surface area contributed by atoms with Gasteiger partial charge in [-0.1, -0.05) is 86.8 Å². The SMILES string of the molecule is CCCCC[C@H](N[C@@H](c1ccccc1)[C@H](O)c1ccccc1)c1ccco1. The molecule has 3 aromatic rings. The lowest BCUT2D eigenvalue weighted by Gasteiger charge is -2.29. The Morgan fingerprint density at radius 1 is 0.852 bits per heavy atom. The van der Waals surface area contributed by atoms with E-state index in [-0.39, 0.29) is 12.1 Å². The van der Waals surface area contributed by atoms with Crippen LogP contribution in [0.2, 0.25) is 0 Å². The molecule has 3 nitrogen and oxygen atoms in total. The van der Waals surface area contributed by atoms with Gasteiger partial charge >= 0.3 is 0 Å². The molecule has 3 heteroatoms. The van der Waals surface area contributed by atoms with Gasteiger partial charge in [0.05, 0.1) is 24.5 Å². The highest BCUT2D eigenvalue weighted by molar-refractivity contribution is 5.26. The summed E-state index contributed by atoms with van der Waals surface area (Å²) in [6.45, 7) is 2.21. The molecule has 0 saturated heterocycles. The number of furan rings is 1. The van der Waals surface area contributed by atoms with Crippen LogP contribution in [0.4, 0.5) is 0 Å². The second kappa shape index (κ2) is 10.1. The van der Waals surface area contributed by atoms with Crippen LogP contribution in [0.3, 0.4) is 0 Å². The number of benzene rings is 2. The van der Waals surface area contributed by atoms with Crippen molar-refractivity contribution >= 4 is 0 Å². The molecule has 0 spiro atoms. The van der Waals surface area contributed by atoms with Gasteiger partial charge in [-0.3, -0.25) is 5.32 Å². The fraction of sp³-hybridized carbons (Fsp3) is 0.333. The minimum atomic E-state index is -0.641. The Hall–Kier alpha value is -2.36. The summed E-state index contributed by atoms with van der Waals surface area (Å²) in [6.07, 6.45) is 5.55. The zero-order valence-electron chi connectivity index (χ0n) is 15.9. The van der Waals surface area contributed by atoms with Crippen LogP contribution >= 0.6 is 0 Å². The van der Waals surface area contributed by atoms with Crippen molar-refractivity contribution in [1.82, 2.24) is 5.32 Å². The Balaban J connectivity index is 1.86. The highest BCUT2D eigenvalue weighted by atomic mass is 16.3. The predicted molar refractivity (Wildman–Crippen MR) is 109 cm³/mol. The Bertz CT molecular complexity index is 756. The summed E-state index contributed by atoms with van der Waals surface area (Å²) in [5.74, 6) is 0.923. The van der Waals surface area contributed by atoms with E-state index < -0.39 is 6.10 Å². The molecule has 0 aliphatic carbocycles. The smallest absolute Gasteiger partial charge is 0.120 e. The molecule has 0 radical (unpaired) electrons. The minimum absolute atomic E-state index is 0.0649. The monoisotopic (exact) mass is 363 g/mol. The fourth-order valence-electron chi connectivity index (χ4n) is 3.49. The molecule has 2 N–H and O–H groups in total. The summed E-state index contributed by atoms with van der Waals surface area (Å²) in [6, 6.07) is 23.8. The molecule has 0 bridgehead atoms. The molecule has 0 aliphatic heterocycles. The van der Waals surface area contributed by atoms with Crippen LogP contribution in [-0.2, 0) is 0 Å². The van der Waals surface area contributed by atoms with Crippen LogP contribution in [0.1, 0.15) is 67.7 Å². The van der Waals surface area contributed by atoms with Crippen molar-refractivity contribution in [2.75, 3.05) is 0 Å². The van der Waals surface area contributed by atoms with Crippen molar-refractivity contribution in [1.29, 1.82) is 0 Å². The number of unbranched alkanes of at least 4 members (excludes halogenated alkanes) is 2. The van der Waals surface area contributed by atoms with E-state index in [4.69, 9.17) is 4.42 Å². The maximum atomic E-state index is 11.2. The molecule has 3 atom stereocenters. The lowest BCUT2D eigenvalue weighted by molar-refractivity contribution is 0.117. The van der Waals surface area contributed by atoms with Gasteiger partial charge in [-0.25, -0.2) is 0 Å². The summed E-state index contributed by atoms with van der Waals surface area (Å²) < 4.78 is 5.70. The Morgan fingerprint density at radius 3 is 2.11 bits per heavy atom. The van der Waals surface area contributed by atoms with E-state index in [9.17, 15) is 5.11 Å². The third-order valence-corrected chi connectivity index (χ3v) is 4.98. The predicted octanol–water partition coefficient (Wildman–Crippen LogP) is 5.97. The van der Waals surface area contributed by atoms with Crippen LogP contribution in [-0.4, -0.2) is 5.11 Å². The normalized spacial score (nSPS) is 14.6. The summed E-state index contributed by atoms with van der Waals surface area (Å²) in [7, 11) is 0. The standard InChI is InChI=1S/C24H29NO2/c1-2-3-6-16-21(22-17-11-18-27-22)25-23(19-12-7-4-8-13-19)24(26)20-14-9-5-10-15-20/h4-5,7-15,17-18,21,23-26H,2-3,6,16H2,1H3/t21-,23-,24+/m0/s1. The van der Waals surface area contributed by atoms with E-state index in [2.05, 4.69) is 24.4 Å². The van der Waals surface area contributed by atoms with E-state index in [0.717, 1.165) is 29.7 Å². The molecule has 0 saturated carbocycles. The number of hydrogen-bond acceptors (Lipinski definition) is 3. The second-order valence-electron chi connectivity index (χ2n) is 6.97. The van der Waals surface area contributed by atoms with Gasteiger partial charge in [-0.2, -0.15) is 0 Å². The number of aliphatic hydroxyl groups excluding tert-OH is 1. The van der Waals surface area contributed by atoms with Gasteiger partial charge in [0, 0.05) is 0 Å². The summed E-state index contributed by atoms with van der Waals surface area (Å²) in [5, 5.41) is 14.8. The van der Waals surface area contributed by atoms with Gasteiger partial charge in [-0.15, -0.1) is 0 Å². The lowest BCUT2D eigenvalue weighted by atomic mass is 9.94. The van der Waals surface area contributed by atoms with E-state index in [1.54, 1.807) is 6.26 Å². The Morgan fingerprint density at radius 2 is 1.52 bits per heavy atom. The second-order valence-corrected chi connectivity index (χ2v) is 6.97. The van der Waals surface area contributed by atoms with Gasteiger partial charge in [-0.05, 0) is 29.7 Å². The average Bonchev–Trinajstić information content (AvgIpc) is 3.26. The van der Waals surface area contributed by atoms with Crippen molar-refractivity contribution in [2.24, 2.45) is 0 Å². The van der Waals surface area contributed by atoms with E-state index >= 15 is 0 Å². The third-order valence-electron chi connectivity index (χ3n) is 4.98. The highest BCUT2D eigenvalue weighted by Gasteiger charge is 2.27. The zero-order valence-corrected chi connectivity index (χ0v) is 15.9. The van der Waals surface area contributed by atoms with Crippen molar-refractivity contribution in [3.05, 3.63) is 95.9 Å². The minimum Gasteiger partial charge on any atom is -0.468 e. The number of rotatable bonds is 10. The first-order valence-electron chi connectivity index (χ1n) is 9.87. The first kappa shape index (κ1) is 19.4. The summed E-state index contributed by atoms with van der Waals surface area (Å²) in [5.41, 5.74) is 1.98. The third kappa shape index (κ3) is 5.31. The Labute approximate surface area is 162 Å². The summed E-state index contributed by atoms with van der Waals surface area (Å²) in [4.78, 5) is 0. The fourth-order valence-corrected chi connectivity index (χ4v) is 3.49. The van der Waals surface area contributed by atoms with Crippen LogP contribution < -0.4 is 5.32 Å². The van der Waals surface area contributed by atoms with E-state index in [1.807, 2.05) is 60.7 Å². The molecule has 3 rings (SSSR count). The maximum Gasteiger partial charge on any atom is 0.120 e. The molecule has 142 valence electrons. The van der Waals surface area contributed by atoms with Gasteiger partial charge in [0.15, 0.2) is 0 Å². The number of aliphatic hydroxyl groups is 1. The molecular weight excluding hydrogens is 334 g/mol. The number of hydrogen-bond donors (Lipinski definition) is 2. The van der Waals surface area contributed by atoms with Gasteiger partial charge in [0.25, 0.3) is 0 Å². The van der Waals surface area contributed by atoms with Crippen LogP contribution in [0.25, 0.3) is 0 Å². The average molecular weight is 364 g/mol. The molecule has 1 aromatic heterocycles. The van der Waals surface area contributed by atoms with Crippen molar-refractivity contribution in [3.63, 3.8) is 0 Å². The summed E-state index contributed by atoms with van der Waals surface area (Å²) >= 11 is 0. The quantitative estimate of drug-likeness (QED) is 0.436. The van der Waals surface area contributed by atoms with Gasteiger partial charge < -0.3 is 9.52 Å². The van der Waals surface area contributed by atoms with Crippen LogP contribution in [0.5, 0.6) is 0 Å². The van der Waals surface area contributed by atoms with Crippen molar-refractivity contribution < 1.29 is 9.52 Å². The maximum absolute atomic E-state index is 11.2. The molecular formula is C24H29NO2. The topological polar surface area (TPSA) is 45.4 Å².